The van der Waals surface area contributed by atoms with E-state index in [9.17, 15) is 4.79 Å². The van der Waals surface area contributed by atoms with E-state index >= 15 is 0 Å². The van der Waals surface area contributed by atoms with Crippen LogP contribution in [0.15, 0.2) is 10.2 Å². The lowest BCUT2D eigenvalue weighted by Crippen LogP contribution is -2.35. The number of urea groups is 1. The Labute approximate surface area is 90.4 Å². The molecule has 0 fully saturated rings. The first kappa shape index (κ1) is 12.4. The quantitative estimate of drug-likeness (QED) is 0.584. The standard InChI is InChI=1S/C6H6Cl3N3O/c7-1-2-11-6(13)12-4(3-10)5(8)9/h1-2H2,(H2,11,12,13). The molecule has 0 atom stereocenters. The Hall–Kier alpha value is -0.630. The maximum atomic E-state index is 10.9. The van der Waals surface area contributed by atoms with Gasteiger partial charge in [0.2, 0.25) is 0 Å². The Morgan fingerprint density at radius 2 is 2.08 bits per heavy atom. The molecule has 0 aliphatic rings. The minimum absolute atomic E-state index is 0.199. The zero-order valence-corrected chi connectivity index (χ0v) is 8.67. The number of nitriles is 1. The van der Waals surface area contributed by atoms with Gasteiger partial charge in [0.15, 0.2) is 5.70 Å². The van der Waals surface area contributed by atoms with Crippen LogP contribution in [-0.2, 0) is 0 Å². The van der Waals surface area contributed by atoms with Crippen LogP contribution in [0.1, 0.15) is 0 Å². The molecular weight excluding hydrogens is 236 g/mol. The number of hydrogen-bond acceptors (Lipinski definition) is 2. The fraction of sp³-hybridized carbons (Fsp3) is 0.333. The van der Waals surface area contributed by atoms with Crippen LogP contribution in [-0.4, -0.2) is 18.5 Å². The molecule has 0 aromatic heterocycles. The molecule has 13 heavy (non-hydrogen) atoms. The summed E-state index contributed by atoms with van der Waals surface area (Å²) in [5.74, 6) is 0.285. The zero-order chi connectivity index (χ0) is 10.3. The second kappa shape index (κ2) is 6.84. The van der Waals surface area contributed by atoms with E-state index in [1.54, 1.807) is 6.07 Å². The summed E-state index contributed by atoms with van der Waals surface area (Å²) in [6, 6.07) is 1.05. The number of nitrogens with one attached hydrogen (secondary N) is 2. The Balaban J connectivity index is 4.06. The Morgan fingerprint density at radius 3 is 2.46 bits per heavy atom. The normalized spacial score (nSPS) is 8.46. The average molecular weight is 242 g/mol. The molecule has 0 saturated carbocycles. The first-order valence-electron chi connectivity index (χ1n) is 3.18. The number of amides is 2. The predicted molar refractivity (Wildman–Crippen MR) is 51.6 cm³/mol. The van der Waals surface area contributed by atoms with Gasteiger partial charge in [-0.2, -0.15) is 5.26 Å². The maximum Gasteiger partial charge on any atom is 0.319 e. The molecule has 0 saturated heterocycles. The van der Waals surface area contributed by atoms with Crippen LogP contribution in [0.2, 0.25) is 0 Å². The fourth-order valence-corrected chi connectivity index (χ4v) is 0.709. The number of carbonyl (C=O) groups excluding carboxylic acids is 1. The minimum atomic E-state index is -0.573. The van der Waals surface area contributed by atoms with Gasteiger partial charge in [0.05, 0.1) is 0 Å². The van der Waals surface area contributed by atoms with E-state index < -0.39 is 6.03 Å². The van der Waals surface area contributed by atoms with Gasteiger partial charge in [0, 0.05) is 12.4 Å². The molecule has 0 aliphatic carbocycles. The monoisotopic (exact) mass is 241 g/mol. The third kappa shape index (κ3) is 5.58. The highest BCUT2D eigenvalue weighted by Crippen LogP contribution is 2.10. The summed E-state index contributed by atoms with van der Waals surface area (Å²) < 4.78 is -0.288. The van der Waals surface area contributed by atoms with E-state index in [4.69, 9.17) is 40.1 Å². The van der Waals surface area contributed by atoms with E-state index in [1.807, 2.05) is 0 Å². The summed E-state index contributed by atoms with van der Waals surface area (Å²) in [7, 11) is 0. The van der Waals surface area contributed by atoms with Crippen molar-refractivity contribution in [2.75, 3.05) is 12.4 Å². The van der Waals surface area contributed by atoms with E-state index in [0.29, 0.717) is 6.54 Å². The SMILES string of the molecule is N#CC(NC(=O)NCCCl)=C(Cl)Cl. The molecule has 0 bridgehead atoms. The molecule has 0 aliphatic heterocycles. The Bertz CT molecular complexity index is 254. The van der Waals surface area contributed by atoms with Gasteiger partial charge in [-0.25, -0.2) is 4.79 Å². The van der Waals surface area contributed by atoms with Crippen LogP contribution >= 0.6 is 34.8 Å². The van der Waals surface area contributed by atoms with Crippen LogP contribution in [0, 0.1) is 11.3 Å². The summed E-state index contributed by atoms with van der Waals surface area (Å²) in [6.07, 6.45) is 0. The maximum absolute atomic E-state index is 10.9. The third-order valence-corrected chi connectivity index (χ3v) is 1.49. The summed E-state index contributed by atoms with van der Waals surface area (Å²) in [4.78, 5) is 10.9. The Morgan fingerprint density at radius 1 is 1.46 bits per heavy atom. The van der Waals surface area contributed by atoms with Gasteiger partial charge in [0.25, 0.3) is 0 Å². The molecule has 0 unspecified atom stereocenters. The van der Waals surface area contributed by atoms with Gasteiger partial charge >= 0.3 is 6.03 Å². The number of carbonyl (C=O) groups is 1. The number of alkyl halides is 1. The van der Waals surface area contributed by atoms with Gasteiger partial charge in [0.1, 0.15) is 10.6 Å². The van der Waals surface area contributed by atoms with E-state index in [2.05, 4.69) is 10.6 Å². The minimum Gasteiger partial charge on any atom is -0.337 e. The van der Waals surface area contributed by atoms with Crippen molar-refractivity contribution in [2.24, 2.45) is 0 Å². The van der Waals surface area contributed by atoms with E-state index in [0.717, 1.165) is 0 Å². The number of rotatable bonds is 3. The van der Waals surface area contributed by atoms with Crippen LogP contribution in [0.4, 0.5) is 4.79 Å². The number of allylic oxidation sites excluding steroid dienone is 1. The lowest BCUT2D eigenvalue weighted by Gasteiger charge is -2.03. The Kier molecular flexibility index (Phi) is 6.51. The van der Waals surface area contributed by atoms with Crippen molar-refractivity contribution >= 4 is 40.8 Å². The van der Waals surface area contributed by atoms with Crippen molar-refractivity contribution in [2.45, 2.75) is 0 Å². The average Bonchev–Trinajstić information content (AvgIpc) is 2.10. The van der Waals surface area contributed by atoms with Crippen LogP contribution < -0.4 is 10.6 Å². The molecule has 72 valence electrons. The summed E-state index contributed by atoms with van der Waals surface area (Å²) >= 11 is 15.9. The van der Waals surface area contributed by atoms with Crippen molar-refractivity contribution < 1.29 is 4.79 Å². The second-order valence-electron chi connectivity index (χ2n) is 1.82. The number of nitrogens with zero attached hydrogens (tertiary/aromatic N) is 1. The molecule has 2 amide bonds. The van der Waals surface area contributed by atoms with E-state index in [1.165, 1.54) is 0 Å². The first-order valence-corrected chi connectivity index (χ1v) is 4.47. The molecule has 0 heterocycles. The first-order chi connectivity index (χ1) is 6.11. The highest BCUT2D eigenvalue weighted by Gasteiger charge is 2.05. The second-order valence-corrected chi connectivity index (χ2v) is 3.14. The summed E-state index contributed by atoms with van der Waals surface area (Å²) in [5.41, 5.74) is -0.199. The smallest absolute Gasteiger partial charge is 0.319 e. The van der Waals surface area contributed by atoms with Gasteiger partial charge in [-0.05, 0) is 0 Å². The van der Waals surface area contributed by atoms with Gasteiger partial charge in [-0.15, -0.1) is 11.6 Å². The fourth-order valence-electron chi connectivity index (χ4n) is 0.436. The van der Waals surface area contributed by atoms with Crippen LogP contribution in [0.5, 0.6) is 0 Å². The molecule has 7 heteroatoms. The lowest BCUT2D eigenvalue weighted by atomic mass is 10.5. The van der Waals surface area contributed by atoms with Crippen molar-refractivity contribution in [3.63, 3.8) is 0 Å². The molecule has 0 radical (unpaired) electrons. The molecule has 0 spiro atoms. The molecule has 0 aromatic carbocycles. The largest absolute Gasteiger partial charge is 0.337 e. The molecule has 4 nitrogen and oxygen atoms in total. The highest BCUT2D eigenvalue weighted by atomic mass is 35.5. The number of halogens is 3. The third-order valence-electron chi connectivity index (χ3n) is 0.919. The van der Waals surface area contributed by atoms with Gasteiger partial charge in [-0.1, -0.05) is 23.2 Å². The van der Waals surface area contributed by atoms with Crippen LogP contribution in [0.3, 0.4) is 0 Å². The zero-order valence-electron chi connectivity index (χ0n) is 6.40. The molecule has 2 N–H and O–H groups in total. The molecule has 0 rings (SSSR count). The molecule has 0 aromatic rings. The summed E-state index contributed by atoms with van der Waals surface area (Å²) in [5, 5.41) is 12.9. The van der Waals surface area contributed by atoms with Crippen molar-refractivity contribution in [1.29, 1.82) is 5.26 Å². The van der Waals surface area contributed by atoms with Crippen molar-refractivity contribution in [1.82, 2.24) is 10.6 Å². The van der Waals surface area contributed by atoms with Crippen molar-refractivity contribution in [3.8, 4) is 6.07 Å². The van der Waals surface area contributed by atoms with Crippen LogP contribution in [0.25, 0.3) is 0 Å². The predicted octanol–water partition coefficient (Wildman–Crippen LogP) is 1.69. The summed E-state index contributed by atoms with van der Waals surface area (Å²) in [6.45, 7) is 0.298. The van der Waals surface area contributed by atoms with Crippen molar-refractivity contribution in [3.05, 3.63) is 10.2 Å². The lowest BCUT2D eigenvalue weighted by molar-refractivity contribution is 0.244. The highest BCUT2D eigenvalue weighted by molar-refractivity contribution is 6.56. The van der Waals surface area contributed by atoms with E-state index in [-0.39, 0.29) is 16.1 Å². The molecular formula is C6H6Cl3N3O. The number of hydrogen-bond donors (Lipinski definition) is 2. The van der Waals surface area contributed by atoms with Gasteiger partial charge < -0.3 is 5.32 Å². The van der Waals surface area contributed by atoms with Gasteiger partial charge in [-0.3, -0.25) is 5.32 Å². The topological polar surface area (TPSA) is 64.9 Å².